The molecular formula is C32H36ClN3O3. The van der Waals surface area contributed by atoms with Gasteiger partial charge in [0.15, 0.2) is 0 Å². The van der Waals surface area contributed by atoms with Crippen molar-refractivity contribution in [3.63, 3.8) is 0 Å². The number of nitrogens with zero attached hydrogens (tertiary/aromatic N) is 3. The van der Waals surface area contributed by atoms with Crippen molar-refractivity contribution in [2.45, 2.75) is 32.1 Å². The normalized spacial score (nSPS) is 17.9. The molecular weight excluding hydrogens is 510 g/mol. The molecule has 5 rings (SSSR count). The highest BCUT2D eigenvalue weighted by molar-refractivity contribution is 6.30. The Balaban J connectivity index is 1.44. The van der Waals surface area contributed by atoms with Gasteiger partial charge in [-0.2, -0.15) is 0 Å². The van der Waals surface area contributed by atoms with Gasteiger partial charge in [-0.25, -0.2) is 0 Å². The highest BCUT2D eigenvalue weighted by atomic mass is 35.5. The van der Waals surface area contributed by atoms with Crippen LogP contribution in [0.5, 0.6) is 5.75 Å². The lowest BCUT2D eigenvalue weighted by Gasteiger charge is -2.33. The molecule has 0 saturated carbocycles. The third-order valence-electron chi connectivity index (χ3n) is 8.06. The summed E-state index contributed by atoms with van der Waals surface area (Å²) in [5, 5.41) is 0.611. The number of methoxy groups -OCH3 is 1. The molecule has 0 aliphatic carbocycles. The summed E-state index contributed by atoms with van der Waals surface area (Å²) in [6, 6.07) is 19.6. The van der Waals surface area contributed by atoms with E-state index in [1.807, 2.05) is 58.3 Å². The summed E-state index contributed by atoms with van der Waals surface area (Å²) >= 11 is 6.45. The third-order valence-corrected chi connectivity index (χ3v) is 8.30. The Labute approximate surface area is 236 Å². The minimum Gasteiger partial charge on any atom is -0.496 e. The number of carbonyl (C=O) groups excluding carboxylic acids is 2. The summed E-state index contributed by atoms with van der Waals surface area (Å²) in [6.45, 7) is 5.94. The van der Waals surface area contributed by atoms with E-state index in [-0.39, 0.29) is 17.7 Å². The van der Waals surface area contributed by atoms with E-state index in [1.165, 1.54) is 0 Å². The van der Waals surface area contributed by atoms with Crippen LogP contribution in [0.25, 0.3) is 11.1 Å². The number of amides is 2. The SMILES string of the molecule is COc1cc(-c2ccccc2C)ccc1C(=O)N1CCCC(CC(=O)N2CCN(C)CC2)c2cc(Cl)ccc21. The summed E-state index contributed by atoms with van der Waals surface area (Å²) < 4.78 is 5.72. The van der Waals surface area contributed by atoms with E-state index in [4.69, 9.17) is 16.3 Å². The number of carbonyl (C=O) groups is 2. The molecule has 0 bridgehead atoms. The average Bonchev–Trinajstić information content (AvgIpc) is 3.12. The van der Waals surface area contributed by atoms with Crippen molar-refractivity contribution in [1.29, 1.82) is 0 Å². The monoisotopic (exact) mass is 545 g/mol. The molecule has 39 heavy (non-hydrogen) atoms. The summed E-state index contributed by atoms with van der Waals surface area (Å²) in [6.07, 6.45) is 2.04. The van der Waals surface area contributed by atoms with Gasteiger partial charge in [0.1, 0.15) is 5.75 Å². The number of hydrogen-bond donors (Lipinski definition) is 0. The van der Waals surface area contributed by atoms with Crippen LogP contribution in [0.3, 0.4) is 0 Å². The number of anilines is 1. The van der Waals surface area contributed by atoms with Crippen molar-refractivity contribution >= 4 is 29.1 Å². The van der Waals surface area contributed by atoms with Gasteiger partial charge in [0.2, 0.25) is 5.91 Å². The number of piperazine rings is 1. The predicted octanol–water partition coefficient (Wildman–Crippen LogP) is 6.01. The fourth-order valence-corrected chi connectivity index (χ4v) is 5.95. The van der Waals surface area contributed by atoms with E-state index in [9.17, 15) is 9.59 Å². The van der Waals surface area contributed by atoms with Crippen LogP contribution in [0.15, 0.2) is 60.7 Å². The molecule has 0 N–H and O–H groups in total. The van der Waals surface area contributed by atoms with Crippen LogP contribution >= 0.6 is 11.6 Å². The molecule has 0 spiro atoms. The molecule has 1 fully saturated rings. The molecule has 3 aromatic rings. The van der Waals surface area contributed by atoms with Gasteiger partial charge in [0.25, 0.3) is 5.91 Å². The number of ether oxygens (including phenoxy) is 1. The molecule has 6 nitrogen and oxygen atoms in total. The highest BCUT2D eigenvalue weighted by Gasteiger charge is 2.31. The largest absolute Gasteiger partial charge is 0.496 e. The quantitative estimate of drug-likeness (QED) is 0.394. The van der Waals surface area contributed by atoms with Crippen LogP contribution < -0.4 is 9.64 Å². The first-order valence-corrected chi connectivity index (χ1v) is 14.0. The Morgan fingerprint density at radius 1 is 0.974 bits per heavy atom. The molecule has 3 aromatic carbocycles. The summed E-state index contributed by atoms with van der Waals surface area (Å²) in [5.74, 6) is 0.612. The van der Waals surface area contributed by atoms with Crippen LogP contribution in [0.4, 0.5) is 5.69 Å². The van der Waals surface area contributed by atoms with Crippen molar-refractivity contribution < 1.29 is 14.3 Å². The number of rotatable bonds is 5. The maximum Gasteiger partial charge on any atom is 0.262 e. The Morgan fingerprint density at radius 3 is 2.49 bits per heavy atom. The first kappa shape index (κ1) is 27.2. The van der Waals surface area contributed by atoms with Crippen LogP contribution in [0.1, 0.15) is 46.7 Å². The Morgan fingerprint density at radius 2 is 1.74 bits per heavy atom. The number of halogens is 1. The maximum atomic E-state index is 14.0. The summed E-state index contributed by atoms with van der Waals surface area (Å²) in [5.41, 5.74) is 5.58. The fourth-order valence-electron chi connectivity index (χ4n) is 5.77. The molecule has 0 aromatic heterocycles. The molecule has 204 valence electrons. The van der Waals surface area contributed by atoms with Crippen molar-refractivity contribution in [3.05, 3.63) is 82.4 Å². The smallest absolute Gasteiger partial charge is 0.262 e. The van der Waals surface area contributed by atoms with Crippen LogP contribution in [0, 0.1) is 6.92 Å². The van der Waals surface area contributed by atoms with Crippen LogP contribution in [-0.2, 0) is 4.79 Å². The second-order valence-electron chi connectivity index (χ2n) is 10.6. The van der Waals surface area contributed by atoms with Gasteiger partial charge in [-0.1, -0.05) is 41.9 Å². The Hall–Kier alpha value is -3.35. The van der Waals surface area contributed by atoms with Crippen LogP contribution in [-0.4, -0.2) is 68.5 Å². The van der Waals surface area contributed by atoms with Crippen molar-refractivity contribution in [3.8, 4) is 16.9 Å². The highest BCUT2D eigenvalue weighted by Crippen LogP contribution is 2.40. The zero-order chi connectivity index (χ0) is 27.5. The van der Waals surface area contributed by atoms with Gasteiger partial charge < -0.3 is 19.4 Å². The van der Waals surface area contributed by atoms with Crippen molar-refractivity contribution in [1.82, 2.24) is 9.80 Å². The molecule has 2 heterocycles. The molecule has 1 saturated heterocycles. The molecule has 0 radical (unpaired) electrons. The molecule has 1 unspecified atom stereocenters. The lowest BCUT2D eigenvalue weighted by atomic mass is 9.90. The first-order chi connectivity index (χ1) is 18.9. The van der Waals surface area contributed by atoms with Crippen molar-refractivity contribution in [2.75, 3.05) is 51.8 Å². The number of hydrogen-bond acceptors (Lipinski definition) is 4. The second-order valence-corrected chi connectivity index (χ2v) is 11.1. The molecule has 2 aliphatic heterocycles. The van der Waals surface area contributed by atoms with Crippen molar-refractivity contribution in [2.24, 2.45) is 0 Å². The lowest BCUT2D eigenvalue weighted by molar-refractivity contribution is -0.133. The molecule has 1 atom stereocenters. The van der Waals surface area contributed by atoms with E-state index in [0.717, 1.165) is 67.0 Å². The molecule has 2 aliphatic rings. The Kier molecular flexibility index (Phi) is 8.24. The average molecular weight is 546 g/mol. The summed E-state index contributed by atoms with van der Waals surface area (Å²) in [4.78, 5) is 33.3. The second kappa shape index (κ2) is 11.8. The van der Waals surface area contributed by atoms with Gasteiger partial charge in [-0.3, -0.25) is 9.59 Å². The third kappa shape index (κ3) is 5.82. The standard InChI is InChI=1S/C32H36ClN3O3/c1-22-7-4-5-9-26(22)24-10-12-27(30(19-24)39-3)32(38)36-14-6-8-23(28-21-25(33)11-13-29(28)36)20-31(37)35-17-15-34(2)16-18-35/h4-5,7,9-13,19,21,23H,6,8,14-18,20H2,1-3H3. The number of fused-ring (bicyclic) bond motifs is 1. The van der Waals surface area contributed by atoms with Gasteiger partial charge in [-0.15, -0.1) is 0 Å². The lowest BCUT2D eigenvalue weighted by Crippen LogP contribution is -2.47. The van der Waals surface area contributed by atoms with Gasteiger partial charge in [0.05, 0.1) is 12.7 Å². The van der Waals surface area contributed by atoms with Crippen LogP contribution in [0.2, 0.25) is 5.02 Å². The molecule has 2 amide bonds. The number of aryl methyl sites for hydroxylation is 1. The fraction of sp³-hybridized carbons (Fsp3) is 0.375. The van der Waals surface area contributed by atoms with Gasteiger partial charge in [-0.05, 0) is 85.3 Å². The number of benzene rings is 3. The topological polar surface area (TPSA) is 53.1 Å². The molecule has 7 heteroatoms. The van der Waals surface area contributed by atoms with E-state index >= 15 is 0 Å². The first-order valence-electron chi connectivity index (χ1n) is 13.7. The zero-order valence-electron chi connectivity index (χ0n) is 23.0. The predicted molar refractivity (Wildman–Crippen MR) is 157 cm³/mol. The zero-order valence-corrected chi connectivity index (χ0v) is 23.7. The van der Waals surface area contributed by atoms with Gasteiger partial charge >= 0.3 is 0 Å². The van der Waals surface area contributed by atoms with E-state index < -0.39 is 0 Å². The Bertz CT molecular complexity index is 1370. The number of likely N-dealkylation sites (N-methyl/N-ethyl adjacent to an activating group) is 1. The van der Waals surface area contributed by atoms with E-state index in [1.54, 1.807) is 7.11 Å². The minimum atomic E-state index is -0.113. The van der Waals surface area contributed by atoms with E-state index in [2.05, 4.69) is 31.0 Å². The van der Waals surface area contributed by atoms with E-state index in [0.29, 0.717) is 29.3 Å². The van der Waals surface area contributed by atoms with Gasteiger partial charge in [0, 0.05) is 49.9 Å². The summed E-state index contributed by atoms with van der Waals surface area (Å²) in [7, 11) is 3.69. The minimum absolute atomic E-state index is 0.00832. The maximum absolute atomic E-state index is 14.0.